The number of hydrogen-bond acceptors (Lipinski definition) is 5. The first-order valence-corrected chi connectivity index (χ1v) is 11.4. The van der Waals surface area contributed by atoms with Crippen LogP contribution in [0.3, 0.4) is 0 Å². The number of rotatable bonds is 7. The van der Waals surface area contributed by atoms with Gasteiger partial charge in [-0.05, 0) is 59.8 Å². The Kier molecular flexibility index (Phi) is 7.76. The lowest BCUT2D eigenvalue weighted by Crippen LogP contribution is -2.31. The number of thioether (sulfide) groups is 1. The average molecular weight is 533 g/mol. The van der Waals surface area contributed by atoms with E-state index in [2.05, 4.69) is 39.3 Å². The summed E-state index contributed by atoms with van der Waals surface area (Å²) in [6, 6.07) is 17.1. The van der Waals surface area contributed by atoms with Crippen LogP contribution in [0.1, 0.15) is 24.8 Å². The van der Waals surface area contributed by atoms with Crippen molar-refractivity contribution in [1.82, 2.24) is 5.32 Å². The molecule has 154 valence electrons. The van der Waals surface area contributed by atoms with Crippen molar-refractivity contribution in [1.29, 1.82) is 5.26 Å². The third-order valence-electron chi connectivity index (χ3n) is 4.43. The zero-order chi connectivity index (χ0) is 21.5. The van der Waals surface area contributed by atoms with Gasteiger partial charge in [0.05, 0.1) is 29.0 Å². The Morgan fingerprint density at radius 3 is 2.73 bits per heavy atom. The summed E-state index contributed by atoms with van der Waals surface area (Å²) < 4.78 is 6.77. The molecule has 30 heavy (non-hydrogen) atoms. The zero-order valence-corrected chi connectivity index (χ0v) is 19.2. The molecule has 8 heteroatoms. The molecule has 0 bridgehead atoms. The Morgan fingerprint density at radius 1 is 1.30 bits per heavy atom. The first-order valence-electron chi connectivity index (χ1n) is 9.35. The largest absolute Gasteiger partial charge is 0.494 e. The number of para-hydroxylation sites is 1. The fraction of sp³-hybridized carbons (Fsp3) is 0.227. The van der Waals surface area contributed by atoms with Crippen molar-refractivity contribution in [3.05, 3.63) is 68.3 Å². The molecule has 2 N–H and O–H groups in total. The van der Waals surface area contributed by atoms with Crippen LogP contribution in [0.5, 0.6) is 5.75 Å². The number of allylic oxidation sites excluding steroid dienone is 1. The van der Waals surface area contributed by atoms with Gasteiger partial charge in [-0.1, -0.05) is 30.0 Å². The number of benzene rings is 2. The highest BCUT2D eigenvalue weighted by Gasteiger charge is 2.31. The number of anilines is 1. The van der Waals surface area contributed by atoms with Gasteiger partial charge in [0.25, 0.3) is 0 Å². The predicted octanol–water partition coefficient (Wildman–Crippen LogP) is 4.40. The molecule has 0 aromatic heterocycles. The molecular formula is C22H20IN3O3S. The Bertz CT molecular complexity index is 1020. The molecule has 2 amide bonds. The average Bonchev–Trinajstić information content (AvgIpc) is 2.74. The van der Waals surface area contributed by atoms with Crippen molar-refractivity contribution in [3.8, 4) is 11.8 Å². The summed E-state index contributed by atoms with van der Waals surface area (Å²) in [7, 11) is 0. The SMILES string of the molecule is CCOc1ccccc1[C@@H]1CC(=O)NC(SCC(=O)Nc2ccc(I)cc2)=C1C#N. The molecule has 6 nitrogen and oxygen atoms in total. The predicted molar refractivity (Wildman–Crippen MR) is 126 cm³/mol. The van der Waals surface area contributed by atoms with Gasteiger partial charge in [-0.25, -0.2) is 0 Å². The maximum Gasteiger partial charge on any atom is 0.234 e. The van der Waals surface area contributed by atoms with Crippen LogP contribution in [0.4, 0.5) is 5.69 Å². The molecule has 0 saturated carbocycles. The summed E-state index contributed by atoms with van der Waals surface area (Å²) in [6.45, 7) is 2.38. The van der Waals surface area contributed by atoms with Crippen LogP contribution in [0.2, 0.25) is 0 Å². The summed E-state index contributed by atoms with van der Waals surface area (Å²) in [5.41, 5.74) is 1.94. The van der Waals surface area contributed by atoms with Crippen LogP contribution < -0.4 is 15.4 Å². The van der Waals surface area contributed by atoms with Crippen molar-refractivity contribution >= 4 is 51.9 Å². The molecule has 0 radical (unpaired) electrons. The van der Waals surface area contributed by atoms with E-state index in [9.17, 15) is 14.9 Å². The number of nitriles is 1. The van der Waals surface area contributed by atoms with Gasteiger partial charge in [0.15, 0.2) is 0 Å². The molecule has 1 atom stereocenters. The van der Waals surface area contributed by atoms with Gasteiger partial charge in [-0.3, -0.25) is 9.59 Å². The maximum absolute atomic E-state index is 12.3. The smallest absolute Gasteiger partial charge is 0.234 e. The molecule has 2 aromatic carbocycles. The van der Waals surface area contributed by atoms with E-state index >= 15 is 0 Å². The molecule has 1 aliphatic heterocycles. The topological polar surface area (TPSA) is 91.2 Å². The molecule has 0 spiro atoms. The van der Waals surface area contributed by atoms with Gasteiger partial charge in [0, 0.05) is 27.2 Å². The van der Waals surface area contributed by atoms with Crippen LogP contribution in [0, 0.1) is 14.9 Å². The highest BCUT2D eigenvalue weighted by molar-refractivity contribution is 14.1. The van der Waals surface area contributed by atoms with Crippen molar-refractivity contribution < 1.29 is 14.3 Å². The molecule has 0 aliphatic carbocycles. The minimum absolute atomic E-state index is 0.0760. The van der Waals surface area contributed by atoms with Gasteiger partial charge < -0.3 is 15.4 Å². The maximum atomic E-state index is 12.3. The lowest BCUT2D eigenvalue weighted by atomic mass is 9.86. The summed E-state index contributed by atoms with van der Waals surface area (Å²) in [5.74, 6) is -0.0727. The van der Waals surface area contributed by atoms with E-state index in [0.717, 1.165) is 20.9 Å². The molecule has 0 unspecified atom stereocenters. The second kappa shape index (κ2) is 10.5. The Labute approximate surface area is 193 Å². The third-order valence-corrected chi connectivity index (χ3v) is 6.16. The van der Waals surface area contributed by atoms with Gasteiger partial charge in [0.1, 0.15) is 5.75 Å². The monoisotopic (exact) mass is 533 g/mol. The molecule has 2 aromatic rings. The molecule has 0 fully saturated rings. The van der Waals surface area contributed by atoms with Crippen molar-refractivity contribution in [2.45, 2.75) is 19.3 Å². The van der Waals surface area contributed by atoms with Crippen molar-refractivity contribution in [2.24, 2.45) is 0 Å². The molecule has 0 saturated heterocycles. The first kappa shape index (κ1) is 22.2. The fourth-order valence-corrected chi connectivity index (χ4v) is 4.36. The van der Waals surface area contributed by atoms with Crippen LogP contribution in [-0.2, 0) is 9.59 Å². The lowest BCUT2D eigenvalue weighted by molar-refractivity contribution is -0.121. The number of carbonyl (C=O) groups excluding carboxylic acids is 2. The molecule has 3 rings (SSSR count). The van der Waals surface area contributed by atoms with E-state index in [-0.39, 0.29) is 24.0 Å². The zero-order valence-electron chi connectivity index (χ0n) is 16.3. The Hall–Kier alpha value is -2.51. The van der Waals surface area contributed by atoms with Crippen molar-refractivity contribution in [2.75, 3.05) is 17.7 Å². The Morgan fingerprint density at radius 2 is 2.03 bits per heavy atom. The molecule has 1 heterocycles. The number of hydrogen-bond donors (Lipinski definition) is 2. The number of halogens is 1. The van der Waals surface area contributed by atoms with Crippen LogP contribution >= 0.6 is 34.4 Å². The number of nitrogens with one attached hydrogen (secondary N) is 2. The highest BCUT2D eigenvalue weighted by atomic mass is 127. The van der Waals surface area contributed by atoms with Gasteiger partial charge in [0.2, 0.25) is 11.8 Å². The molecular weight excluding hydrogens is 513 g/mol. The van der Waals surface area contributed by atoms with Crippen LogP contribution in [0.25, 0.3) is 0 Å². The fourth-order valence-electron chi connectivity index (χ4n) is 3.12. The van der Waals surface area contributed by atoms with E-state index in [4.69, 9.17) is 4.74 Å². The second-order valence-corrected chi connectivity index (χ2v) is 8.71. The quantitative estimate of drug-likeness (QED) is 0.515. The van der Waals surface area contributed by atoms with E-state index < -0.39 is 5.92 Å². The summed E-state index contributed by atoms with van der Waals surface area (Å²) in [6.07, 6.45) is 0.159. The summed E-state index contributed by atoms with van der Waals surface area (Å²) in [4.78, 5) is 24.7. The first-order chi connectivity index (χ1) is 14.5. The lowest BCUT2D eigenvalue weighted by Gasteiger charge is -2.26. The highest BCUT2D eigenvalue weighted by Crippen LogP contribution is 2.39. The van der Waals surface area contributed by atoms with Gasteiger partial charge in [-0.2, -0.15) is 5.26 Å². The second-order valence-electron chi connectivity index (χ2n) is 6.47. The third kappa shape index (κ3) is 5.55. The van der Waals surface area contributed by atoms with Crippen molar-refractivity contribution in [3.63, 3.8) is 0 Å². The number of ether oxygens (including phenoxy) is 1. The minimum atomic E-state index is -0.409. The van der Waals surface area contributed by atoms with E-state index in [1.165, 1.54) is 0 Å². The van der Waals surface area contributed by atoms with Crippen LogP contribution in [-0.4, -0.2) is 24.2 Å². The summed E-state index contributed by atoms with van der Waals surface area (Å²) >= 11 is 3.35. The van der Waals surface area contributed by atoms with Gasteiger partial charge in [-0.15, -0.1) is 0 Å². The summed E-state index contributed by atoms with van der Waals surface area (Å²) in [5, 5.41) is 15.8. The Balaban J connectivity index is 1.78. The molecule has 1 aliphatic rings. The van der Waals surface area contributed by atoms with E-state index in [1.807, 2.05) is 55.5 Å². The number of amides is 2. The minimum Gasteiger partial charge on any atom is -0.494 e. The normalized spacial score (nSPS) is 15.9. The van der Waals surface area contributed by atoms with E-state index in [1.54, 1.807) is 0 Å². The number of carbonyl (C=O) groups is 2. The standard InChI is InChI=1S/C22H20IN3O3S/c1-2-29-19-6-4-3-5-16(19)17-11-20(27)26-22(18(17)12-24)30-13-21(28)25-15-9-7-14(23)8-10-15/h3-10,17H,2,11,13H2,1H3,(H,25,28)(H,26,27)/t17-/m0/s1. The number of nitrogens with zero attached hydrogens (tertiary/aromatic N) is 1. The van der Waals surface area contributed by atoms with Crippen LogP contribution in [0.15, 0.2) is 59.1 Å². The van der Waals surface area contributed by atoms with Gasteiger partial charge >= 0.3 is 0 Å². The van der Waals surface area contributed by atoms with E-state index in [0.29, 0.717) is 28.6 Å².